The molecule has 0 bridgehead atoms. The number of rotatable bonds is 5. The number of amides is 1. The van der Waals surface area contributed by atoms with Crippen molar-refractivity contribution in [2.24, 2.45) is 0 Å². The Hall–Kier alpha value is -1.97. The Labute approximate surface area is 113 Å². The summed E-state index contributed by atoms with van der Waals surface area (Å²) in [5.41, 5.74) is 1.34. The Kier molecular flexibility index (Phi) is 4.32. The predicted octanol–water partition coefficient (Wildman–Crippen LogP) is -1.83. The van der Waals surface area contributed by atoms with Crippen LogP contribution in [0.5, 0.6) is 0 Å². The van der Waals surface area contributed by atoms with Gasteiger partial charge in [-0.2, -0.15) is 0 Å². The summed E-state index contributed by atoms with van der Waals surface area (Å²) in [6.45, 7) is 1.24. The Bertz CT molecular complexity index is 595. The fraction of sp³-hybridized carbons (Fsp3) is 0.545. The predicted molar refractivity (Wildman–Crippen MR) is 65.7 cm³/mol. The molecule has 2 heterocycles. The lowest BCUT2D eigenvalue weighted by molar-refractivity contribution is -0.131. The number of hydroxylamine groups is 1. The third-order valence-corrected chi connectivity index (χ3v) is 3.08. The number of carbonyl (C=O) groups excluding carboxylic acids is 1. The molecule has 1 fully saturated rings. The topological polar surface area (TPSA) is 123 Å². The van der Waals surface area contributed by atoms with E-state index in [2.05, 4.69) is 4.98 Å². The zero-order valence-corrected chi connectivity index (χ0v) is 10.7. The number of aliphatic hydroxyl groups is 1. The van der Waals surface area contributed by atoms with Gasteiger partial charge in [-0.05, 0) is 6.92 Å². The Morgan fingerprint density at radius 2 is 2.40 bits per heavy atom. The molecule has 0 radical (unpaired) electrons. The number of carbonyl (C=O) groups is 1. The molecule has 0 saturated carbocycles. The quantitative estimate of drug-likeness (QED) is 0.432. The number of aliphatic hydroxyl groups excluding tert-OH is 1. The van der Waals surface area contributed by atoms with Crippen molar-refractivity contribution in [3.05, 3.63) is 32.6 Å². The molecule has 2 rings (SSSR count). The third kappa shape index (κ3) is 2.79. The molecule has 9 nitrogen and oxygen atoms in total. The largest absolute Gasteiger partial charge is 0.394 e. The third-order valence-electron chi connectivity index (χ3n) is 3.08. The minimum Gasteiger partial charge on any atom is -0.394 e. The molecule has 110 valence electrons. The zero-order valence-electron chi connectivity index (χ0n) is 10.7. The number of hydrogen-bond donors (Lipinski definition) is 3. The first-order valence-electron chi connectivity index (χ1n) is 6.00. The van der Waals surface area contributed by atoms with E-state index in [-0.39, 0.29) is 13.0 Å². The summed E-state index contributed by atoms with van der Waals surface area (Å²) in [5.74, 6) is 0. The fourth-order valence-electron chi connectivity index (χ4n) is 2.07. The van der Waals surface area contributed by atoms with E-state index < -0.39 is 29.7 Å². The summed E-state index contributed by atoms with van der Waals surface area (Å²) >= 11 is 0. The zero-order chi connectivity index (χ0) is 14.7. The van der Waals surface area contributed by atoms with Gasteiger partial charge in [-0.15, -0.1) is 0 Å². The molecule has 1 amide bonds. The van der Waals surface area contributed by atoms with Crippen molar-refractivity contribution in [3.8, 4) is 0 Å². The van der Waals surface area contributed by atoms with E-state index in [0.29, 0.717) is 12.0 Å². The molecule has 0 aliphatic carbocycles. The van der Waals surface area contributed by atoms with Gasteiger partial charge in [0.15, 0.2) is 0 Å². The number of aromatic amines is 1. The van der Waals surface area contributed by atoms with Gasteiger partial charge in [0.1, 0.15) is 18.4 Å². The van der Waals surface area contributed by atoms with E-state index in [0.717, 1.165) is 0 Å². The highest BCUT2D eigenvalue weighted by molar-refractivity contribution is 5.43. The molecule has 0 unspecified atom stereocenters. The molecule has 0 aromatic carbocycles. The summed E-state index contributed by atoms with van der Waals surface area (Å²) in [6.07, 6.45) is 0.0419. The van der Waals surface area contributed by atoms with Gasteiger partial charge in [0.25, 0.3) is 5.56 Å². The molecule has 1 saturated heterocycles. The average molecular weight is 285 g/mol. The van der Waals surface area contributed by atoms with Crippen molar-refractivity contribution in [1.29, 1.82) is 0 Å². The molecule has 1 aromatic heterocycles. The number of H-pyrrole nitrogens is 1. The Balaban J connectivity index is 2.22. The van der Waals surface area contributed by atoms with Crippen LogP contribution in [0.15, 0.2) is 15.8 Å². The highest BCUT2D eigenvalue weighted by Gasteiger charge is 2.37. The normalized spacial score (nSPS) is 25.6. The van der Waals surface area contributed by atoms with Crippen molar-refractivity contribution in [1.82, 2.24) is 15.0 Å². The Morgan fingerprint density at radius 1 is 1.65 bits per heavy atom. The van der Waals surface area contributed by atoms with Crippen LogP contribution in [0, 0.1) is 6.92 Å². The van der Waals surface area contributed by atoms with Crippen LogP contribution in [0.1, 0.15) is 18.2 Å². The molecule has 0 spiro atoms. The van der Waals surface area contributed by atoms with Crippen LogP contribution in [0.25, 0.3) is 0 Å². The van der Waals surface area contributed by atoms with E-state index in [1.807, 2.05) is 5.48 Å². The van der Waals surface area contributed by atoms with E-state index in [1.165, 1.54) is 10.8 Å². The van der Waals surface area contributed by atoms with Gasteiger partial charge in [-0.3, -0.25) is 24.0 Å². The summed E-state index contributed by atoms with van der Waals surface area (Å²) in [6, 6.07) is 0. The van der Waals surface area contributed by atoms with Gasteiger partial charge in [0, 0.05) is 18.2 Å². The lowest BCUT2D eigenvalue weighted by Gasteiger charge is -2.15. The number of ether oxygens (including phenoxy) is 1. The lowest BCUT2D eigenvalue weighted by atomic mass is 10.2. The van der Waals surface area contributed by atoms with E-state index in [1.54, 1.807) is 6.92 Å². The van der Waals surface area contributed by atoms with Crippen LogP contribution in [0.2, 0.25) is 0 Å². The summed E-state index contributed by atoms with van der Waals surface area (Å²) in [7, 11) is 0. The van der Waals surface area contributed by atoms with Gasteiger partial charge in [-0.1, -0.05) is 0 Å². The van der Waals surface area contributed by atoms with Gasteiger partial charge in [-0.25, -0.2) is 10.3 Å². The maximum atomic E-state index is 11.7. The van der Waals surface area contributed by atoms with Crippen molar-refractivity contribution < 1.29 is 19.5 Å². The van der Waals surface area contributed by atoms with Gasteiger partial charge in [0.2, 0.25) is 6.41 Å². The molecule has 20 heavy (non-hydrogen) atoms. The minimum absolute atomic E-state index is 0.247. The highest BCUT2D eigenvalue weighted by atomic mass is 16.7. The van der Waals surface area contributed by atoms with Crippen molar-refractivity contribution >= 4 is 6.41 Å². The van der Waals surface area contributed by atoms with Crippen LogP contribution >= 0.6 is 0 Å². The maximum absolute atomic E-state index is 11.7. The molecule has 3 N–H and O–H groups in total. The van der Waals surface area contributed by atoms with Crippen LogP contribution in [0.4, 0.5) is 0 Å². The van der Waals surface area contributed by atoms with Crippen molar-refractivity contribution in [2.45, 2.75) is 31.8 Å². The summed E-state index contributed by atoms with van der Waals surface area (Å²) < 4.78 is 6.72. The average Bonchev–Trinajstić information content (AvgIpc) is 2.83. The van der Waals surface area contributed by atoms with E-state index in [9.17, 15) is 19.5 Å². The second-order valence-electron chi connectivity index (χ2n) is 4.42. The minimum atomic E-state index is -0.686. The molecule has 3 atom stereocenters. The monoisotopic (exact) mass is 285 g/mol. The van der Waals surface area contributed by atoms with Crippen LogP contribution in [-0.2, 0) is 14.4 Å². The second-order valence-corrected chi connectivity index (χ2v) is 4.42. The van der Waals surface area contributed by atoms with Gasteiger partial charge in [0.05, 0.1) is 6.61 Å². The van der Waals surface area contributed by atoms with Crippen molar-refractivity contribution in [2.75, 3.05) is 6.61 Å². The first kappa shape index (κ1) is 14.4. The second kappa shape index (κ2) is 5.99. The lowest BCUT2D eigenvalue weighted by Crippen LogP contribution is -2.33. The SMILES string of the molecule is Cc1cn([C@H]2C[C@H](ONC=O)[C@@H](CO)O2)c(=O)[nH]c1=O. The molecular weight excluding hydrogens is 270 g/mol. The molecule has 1 aromatic rings. The number of nitrogens with zero attached hydrogens (tertiary/aromatic N) is 1. The standard InChI is InChI=1S/C11H15N3O6/c1-6-3-14(11(18)13-10(6)17)9-2-7(20-12-5-16)8(4-15)19-9/h3,5,7-9,15H,2,4H2,1H3,(H,12,16)(H,13,17,18)/t7-,8+,9+/m0/s1. The first-order valence-corrected chi connectivity index (χ1v) is 6.00. The maximum Gasteiger partial charge on any atom is 0.330 e. The molecule has 1 aliphatic rings. The fourth-order valence-corrected chi connectivity index (χ4v) is 2.07. The first-order chi connectivity index (χ1) is 9.56. The highest BCUT2D eigenvalue weighted by Crippen LogP contribution is 2.28. The van der Waals surface area contributed by atoms with Crippen LogP contribution in [0.3, 0.4) is 0 Å². The molecule has 9 heteroatoms. The van der Waals surface area contributed by atoms with E-state index in [4.69, 9.17) is 9.57 Å². The number of aryl methyl sites for hydroxylation is 1. The molecule has 1 aliphatic heterocycles. The number of nitrogens with one attached hydrogen (secondary N) is 2. The molecular formula is C11H15N3O6. The number of aromatic nitrogens is 2. The summed E-state index contributed by atoms with van der Waals surface area (Å²) in [5, 5.41) is 9.20. The summed E-state index contributed by atoms with van der Waals surface area (Å²) in [4.78, 5) is 40.4. The smallest absolute Gasteiger partial charge is 0.330 e. The van der Waals surface area contributed by atoms with Gasteiger partial charge < -0.3 is 9.84 Å². The van der Waals surface area contributed by atoms with Gasteiger partial charge >= 0.3 is 5.69 Å². The van der Waals surface area contributed by atoms with Crippen LogP contribution < -0.4 is 16.7 Å². The Morgan fingerprint density at radius 3 is 3.05 bits per heavy atom. The van der Waals surface area contributed by atoms with E-state index >= 15 is 0 Å². The van der Waals surface area contributed by atoms with Crippen LogP contribution in [-0.4, -0.2) is 39.9 Å². The van der Waals surface area contributed by atoms with Crippen molar-refractivity contribution in [3.63, 3.8) is 0 Å². The number of hydrogen-bond acceptors (Lipinski definition) is 6.